The molecule has 204 valence electrons. The number of esters is 1. The van der Waals surface area contributed by atoms with Crippen molar-refractivity contribution in [3.8, 4) is 0 Å². The smallest absolute Gasteiger partial charge is 0.409 e. The molecule has 0 saturated carbocycles. The van der Waals surface area contributed by atoms with E-state index >= 15 is 0 Å². The number of nitrogens with one attached hydrogen (secondary N) is 1. The van der Waals surface area contributed by atoms with Crippen molar-refractivity contribution in [3.05, 3.63) is 25.3 Å². The van der Waals surface area contributed by atoms with Gasteiger partial charge in [0.2, 0.25) is 5.91 Å². The highest BCUT2D eigenvalue weighted by Crippen LogP contribution is 2.45. The fraction of sp³-hybridized carbons (Fsp3) is 0.680. The number of hydrogen-bond acceptors (Lipinski definition) is 8. The van der Waals surface area contributed by atoms with Gasteiger partial charge in [-0.3, -0.25) is 14.4 Å². The minimum Gasteiger partial charge on any atom is -0.460 e. The van der Waals surface area contributed by atoms with Crippen LogP contribution in [0.2, 0.25) is 13.1 Å². The van der Waals surface area contributed by atoms with Crippen LogP contribution in [0.25, 0.3) is 0 Å². The van der Waals surface area contributed by atoms with Crippen molar-refractivity contribution < 1.29 is 33.1 Å². The summed E-state index contributed by atoms with van der Waals surface area (Å²) in [6, 6.07) is -1.83. The van der Waals surface area contributed by atoms with Crippen LogP contribution in [0.5, 0.6) is 0 Å². The fourth-order valence-corrected chi connectivity index (χ4v) is 5.73. The Hall–Kier alpha value is -2.50. The summed E-state index contributed by atoms with van der Waals surface area (Å²) in [7, 11) is -0.0991. The van der Waals surface area contributed by atoms with Crippen LogP contribution in [0.15, 0.2) is 25.3 Å². The molecule has 0 bridgehead atoms. The molecule has 36 heavy (non-hydrogen) atoms. The van der Waals surface area contributed by atoms with Crippen molar-refractivity contribution in [2.45, 2.75) is 64.9 Å². The number of hydrogen-bond donors (Lipinski definition) is 2. The van der Waals surface area contributed by atoms with E-state index in [2.05, 4.69) is 18.5 Å². The monoisotopic (exact) mass is 525 g/mol. The molecular weight excluding hydrogens is 482 g/mol. The summed E-state index contributed by atoms with van der Waals surface area (Å²) in [6.45, 7) is 18.8. The van der Waals surface area contributed by atoms with Gasteiger partial charge >= 0.3 is 12.1 Å². The lowest BCUT2D eigenvalue weighted by molar-refractivity contribution is -0.161. The molecule has 1 rings (SSSR count). The van der Waals surface area contributed by atoms with Crippen LogP contribution in [0.4, 0.5) is 4.79 Å². The Balaban J connectivity index is 3.18. The van der Waals surface area contributed by atoms with Crippen molar-refractivity contribution in [1.29, 1.82) is 0 Å². The first-order valence-corrected chi connectivity index (χ1v) is 14.9. The number of nitrogens with zero attached hydrogens (tertiary/aromatic N) is 1. The molecule has 1 saturated heterocycles. The summed E-state index contributed by atoms with van der Waals surface area (Å²) >= 11 is 0. The topological polar surface area (TPSA) is 137 Å². The third-order valence-corrected chi connectivity index (χ3v) is 7.53. The number of amides is 2. The van der Waals surface area contributed by atoms with E-state index in [9.17, 15) is 19.2 Å². The lowest BCUT2D eigenvalue weighted by atomic mass is 9.63. The third-order valence-electron chi connectivity index (χ3n) is 6.57. The zero-order valence-electron chi connectivity index (χ0n) is 22.7. The number of rotatable bonds is 14. The maximum atomic E-state index is 13.5. The summed E-state index contributed by atoms with van der Waals surface area (Å²) in [6.07, 6.45) is 2.04. The molecule has 1 fully saturated rings. The van der Waals surface area contributed by atoms with E-state index in [1.54, 1.807) is 0 Å². The summed E-state index contributed by atoms with van der Waals surface area (Å²) in [5.41, 5.74) is 4.96. The summed E-state index contributed by atoms with van der Waals surface area (Å²) in [5, 5.41) is 2.83. The second kappa shape index (κ2) is 13.2. The Morgan fingerprint density at radius 3 is 2.17 bits per heavy atom. The van der Waals surface area contributed by atoms with Gasteiger partial charge in [0.05, 0.1) is 23.5 Å². The normalized spacial score (nSPS) is 20.8. The highest BCUT2D eigenvalue weighted by molar-refractivity contribution is 6.48. The number of ketones is 1. The summed E-state index contributed by atoms with van der Waals surface area (Å²) in [4.78, 5) is 52.1. The third kappa shape index (κ3) is 7.75. The number of β-lactam (4-membered cyclic amide) rings is 1. The zero-order chi connectivity index (χ0) is 27.8. The molecule has 1 aliphatic heterocycles. The van der Waals surface area contributed by atoms with E-state index in [0.29, 0.717) is 0 Å². The highest BCUT2D eigenvalue weighted by atomic mass is 28.3. The van der Waals surface area contributed by atoms with Gasteiger partial charge in [-0.15, -0.1) is 0 Å². The van der Waals surface area contributed by atoms with Crippen molar-refractivity contribution in [2.75, 3.05) is 26.8 Å². The molecule has 0 radical (unpaired) electrons. The largest absolute Gasteiger partial charge is 0.460 e. The molecule has 0 aliphatic carbocycles. The van der Waals surface area contributed by atoms with Crippen molar-refractivity contribution in [2.24, 2.45) is 23.0 Å². The maximum absolute atomic E-state index is 13.5. The van der Waals surface area contributed by atoms with E-state index in [1.165, 1.54) is 24.1 Å². The van der Waals surface area contributed by atoms with Crippen LogP contribution in [-0.4, -0.2) is 82.2 Å². The first kappa shape index (κ1) is 31.5. The van der Waals surface area contributed by atoms with Gasteiger partial charge in [0.1, 0.15) is 25.0 Å². The van der Waals surface area contributed by atoms with Crippen molar-refractivity contribution in [3.63, 3.8) is 0 Å². The van der Waals surface area contributed by atoms with Crippen LogP contribution in [0.1, 0.15) is 34.1 Å². The lowest BCUT2D eigenvalue weighted by Gasteiger charge is -2.54. The molecule has 10 nitrogen and oxygen atoms in total. The molecule has 1 heterocycles. The summed E-state index contributed by atoms with van der Waals surface area (Å²) < 4.78 is 16.5. The first-order chi connectivity index (χ1) is 16.6. The van der Waals surface area contributed by atoms with Gasteiger partial charge in [0.25, 0.3) is 0 Å². The van der Waals surface area contributed by atoms with Gasteiger partial charge in [-0.25, -0.2) is 4.79 Å². The quantitative estimate of drug-likeness (QED) is 0.152. The van der Waals surface area contributed by atoms with Gasteiger partial charge in [-0.2, -0.15) is 0 Å². The van der Waals surface area contributed by atoms with Crippen molar-refractivity contribution >= 4 is 32.8 Å². The van der Waals surface area contributed by atoms with Crippen LogP contribution in [0.3, 0.4) is 0 Å². The van der Waals surface area contributed by atoms with Gasteiger partial charge in [-0.1, -0.05) is 46.1 Å². The second-order valence-electron chi connectivity index (χ2n) is 10.6. The highest BCUT2D eigenvalue weighted by Gasteiger charge is 2.57. The van der Waals surface area contributed by atoms with E-state index in [0.717, 1.165) is 0 Å². The SMILES string of the molecule is C=CCOC(=O)C(N)[C@H](CN(C)C(=O)OCC=C)C(=O)C[C@H]1NC(=O)[C@@H]1[C@@](C)(O[SiH](C)C)C(C)(C)C. The lowest BCUT2D eigenvalue weighted by Crippen LogP contribution is -2.71. The van der Waals surface area contributed by atoms with Gasteiger partial charge in [0.15, 0.2) is 9.04 Å². The zero-order valence-corrected chi connectivity index (χ0v) is 23.8. The minimum atomic E-state index is -1.54. The van der Waals surface area contributed by atoms with E-state index in [-0.39, 0.29) is 43.3 Å². The van der Waals surface area contributed by atoms with Crippen LogP contribution >= 0.6 is 0 Å². The molecular formula is C25H43N3O7Si. The van der Waals surface area contributed by atoms with Crippen LogP contribution < -0.4 is 11.1 Å². The van der Waals surface area contributed by atoms with Crippen LogP contribution in [-0.2, 0) is 28.3 Å². The average molecular weight is 526 g/mol. The molecule has 1 aliphatic rings. The molecule has 0 aromatic heterocycles. The molecule has 3 N–H and O–H groups in total. The van der Waals surface area contributed by atoms with Crippen LogP contribution in [0, 0.1) is 17.3 Å². The number of carbonyl (C=O) groups is 4. The molecule has 0 aromatic rings. The Kier molecular flexibility index (Phi) is 11.5. The molecule has 1 unspecified atom stereocenters. The molecule has 0 aromatic carbocycles. The van der Waals surface area contributed by atoms with E-state index in [1.807, 2.05) is 40.8 Å². The number of ether oxygens (including phenoxy) is 2. The Morgan fingerprint density at radius 1 is 1.14 bits per heavy atom. The molecule has 5 atom stereocenters. The Morgan fingerprint density at radius 2 is 1.69 bits per heavy atom. The molecule has 2 amide bonds. The predicted octanol–water partition coefficient (Wildman–Crippen LogP) is 1.79. The molecule has 0 spiro atoms. The summed E-state index contributed by atoms with van der Waals surface area (Å²) in [5.74, 6) is -2.99. The Bertz CT molecular complexity index is 842. The average Bonchev–Trinajstić information content (AvgIpc) is 2.76. The van der Waals surface area contributed by atoms with E-state index in [4.69, 9.17) is 19.6 Å². The maximum Gasteiger partial charge on any atom is 0.409 e. The fourth-order valence-electron chi connectivity index (χ4n) is 4.25. The van der Waals surface area contributed by atoms with Gasteiger partial charge in [0, 0.05) is 20.0 Å². The van der Waals surface area contributed by atoms with E-state index < -0.39 is 50.6 Å². The molecule has 11 heteroatoms. The first-order valence-electron chi connectivity index (χ1n) is 12.1. The number of Topliss-reactive ketones (excluding diaryl/α,β-unsaturated/α-hetero) is 1. The van der Waals surface area contributed by atoms with Crippen molar-refractivity contribution in [1.82, 2.24) is 10.2 Å². The predicted molar refractivity (Wildman–Crippen MR) is 140 cm³/mol. The number of nitrogens with two attached hydrogens (primary N) is 1. The Labute approximate surface area is 216 Å². The van der Waals surface area contributed by atoms with Gasteiger partial charge in [-0.05, 0) is 25.4 Å². The standard InChI is InChI=1S/C25H43N3O7Si/c1-10-12-33-22(31)20(26)16(15-28(7)23(32)34-13-11-2)18(29)14-17-19(21(30)27-17)25(6,24(3,4)5)35-36(8)9/h10-11,16-17,19-20,36H,1-2,12-15,26H2,3-9H3,(H,27,30)/t16-,17-,19-,20?,25-/m1/s1. The number of carbonyl (C=O) groups excluding carboxylic acids is 4. The van der Waals surface area contributed by atoms with Gasteiger partial charge < -0.3 is 29.9 Å². The minimum absolute atomic E-state index is 0.00441. The second-order valence-corrected chi connectivity index (χ2v) is 12.9.